The molecule has 0 spiro atoms. The average molecular weight is 349 g/mol. The Morgan fingerprint density at radius 1 is 1.28 bits per heavy atom. The molecule has 25 heavy (non-hydrogen) atoms. The number of carbonyl (C=O) groups is 1. The summed E-state index contributed by atoms with van der Waals surface area (Å²) in [5.74, 6) is 1.01. The molecule has 0 aromatic carbocycles. The van der Waals surface area contributed by atoms with Gasteiger partial charge in [-0.2, -0.15) is 4.68 Å². The van der Waals surface area contributed by atoms with Crippen molar-refractivity contribution < 1.29 is 9.72 Å². The number of rotatable bonds is 5. The molecule has 1 amide bonds. The van der Waals surface area contributed by atoms with Gasteiger partial charge in [0.2, 0.25) is 5.91 Å². The first-order valence-electron chi connectivity index (χ1n) is 9.22. The molecule has 1 aromatic heterocycles. The van der Waals surface area contributed by atoms with Crippen molar-refractivity contribution in [3.63, 3.8) is 0 Å². The van der Waals surface area contributed by atoms with Gasteiger partial charge in [0, 0.05) is 26.2 Å². The first-order chi connectivity index (χ1) is 12.0. The molecule has 2 aliphatic heterocycles. The number of hydrogen-bond donors (Lipinski definition) is 0. The van der Waals surface area contributed by atoms with Gasteiger partial charge in [-0.3, -0.25) is 4.79 Å². The van der Waals surface area contributed by atoms with E-state index in [0.717, 1.165) is 64.3 Å². The van der Waals surface area contributed by atoms with Gasteiger partial charge in [-0.05, 0) is 43.1 Å². The van der Waals surface area contributed by atoms with E-state index in [9.17, 15) is 14.9 Å². The zero-order chi connectivity index (χ0) is 17.8. The lowest BCUT2D eigenvalue weighted by atomic mass is 9.93. The van der Waals surface area contributed by atoms with Crippen LogP contribution in [0.25, 0.3) is 0 Å². The molecule has 0 radical (unpaired) electrons. The van der Waals surface area contributed by atoms with E-state index in [1.54, 1.807) is 10.9 Å². The molecule has 3 rings (SSSR count). The highest BCUT2D eigenvalue weighted by Crippen LogP contribution is 2.23. The monoisotopic (exact) mass is 349 g/mol. The van der Waals surface area contributed by atoms with E-state index in [-0.39, 0.29) is 11.7 Å². The Hall–Kier alpha value is -1.96. The van der Waals surface area contributed by atoms with Gasteiger partial charge in [0.1, 0.15) is 0 Å². The highest BCUT2D eigenvalue weighted by molar-refractivity contribution is 5.79. The summed E-state index contributed by atoms with van der Waals surface area (Å²) in [7, 11) is 0. The third-order valence-corrected chi connectivity index (χ3v) is 5.41. The fourth-order valence-electron chi connectivity index (χ4n) is 3.76. The first kappa shape index (κ1) is 17.8. The van der Waals surface area contributed by atoms with Crippen LogP contribution >= 0.6 is 0 Å². The lowest BCUT2D eigenvalue weighted by Crippen LogP contribution is -2.47. The maximum Gasteiger partial charge on any atom is 0.389 e. The summed E-state index contributed by atoms with van der Waals surface area (Å²) < 4.78 is 1.61. The van der Waals surface area contributed by atoms with Crippen LogP contribution in [-0.2, 0) is 11.3 Å². The van der Waals surface area contributed by atoms with E-state index < -0.39 is 4.92 Å². The van der Waals surface area contributed by atoms with Crippen LogP contribution in [0.3, 0.4) is 0 Å². The van der Waals surface area contributed by atoms with Crippen LogP contribution in [0.4, 0.5) is 5.82 Å². The maximum absolute atomic E-state index is 12.8. The summed E-state index contributed by atoms with van der Waals surface area (Å²) >= 11 is 0. The summed E-state index contributed by atoms with van der Waals surface area (Å²) in [6.07, 6.45) is 5.86. The van der Waals surface area contributed by atoms with E-state index in [1.165, 1.54) is 6.07 Å². The quantitative estimate of drug-likeness (QED) is 0.597. The lowest BCUT2D eigenvalue weighted by molar-refractivity contribution is -0.389. The van der Waals surface area contributed by atoms with Gasteiger partial charge in [-0.1, -0.05) is 6.92 Å². The molecule has 0 aliphatic carbocycles. The fourth-order valence-corrected chi connectivity index (χ4v) is 3.76. The van der Waals surface area contributed by atoms with Crippen LogP contribution in [0.2, 0.25) is 0 Å². The summed E-state index contributed by atoms with van der Waals surface area (Å²) in [5.41, 5.74) is 0. The number of likely N-dealkylation sites (tertiary alicyclic amines) is 2. The van der Waals surface area contributed by atoms with E-state index in [0.29, 0.717) is 12.5 Å². The van der Waals surface area contributed by atoms with Crippen LogP contribution in [0, 0.1) is 22.0 Å². The minimum Gasteiger partial charge on any atom is -0.358 e. The van der Waals surface area contributed by atoms with E-state index >= 15 is 0 Å². The molecule has 1 atom stereocenters. The molecule has 0 bridgehead atoms. The average Bonchev–Trinajstić information content (AvgIpc) is 3.10. The SMILES string of the molecule is CC1CCN(C(=O)C2CCCN(CCn3ccc([N+](=O)[O-])n3)C2)CC1. The van der Waals surface area contributed by atoms with Crippen LogP contribution < -0.4 is 0 Å². The molecule has 0 N–H and O–H groups in total. The maximum atomic E-state index is 12.8. The van der Waals surface area contributed by atoms with Crippen LogP contribution in [-0.4, -0.2) is 63.1 Å². The highest BCUT2D eigenvalue weighted by atomic mass is 16.6. The number of nitrogens with zero attached hydrogens (tertiary/aromatic N) is 5. The van der Waals surface area contributed by atoms with Crippen LogP contribution in [0.5, 0.6) is 0 Å². The van der Waals surface area contributed by atoms with Gasteiger partial charge in [0.05, 0.1) is 29.8 Å². The van der Waals surface area contributed by atoms with Gasteiger partial charge in [0.15, 0.2) is 0 Å². The molecule has 8 heteroatoms. The van der Waals surface area contributed by atoms with Crippen molar-refractivity contribution in [2.45, 2.75) is 39.2 Å². The third-order valence-electron chi connectivity index (χ3n) is 5.41. The largest absolute Gasteiger partial charge is 0.389 e. The van der Waals surface area contributed by atoms with Crippen LogP contribution in [0.15, 0.2) is 12.3 Å². The molecule has 2 aliphatic rings. The summed E-state index contributed by atoms with van der Waals surface area (Å²) in [5, 5.41) is 14.6. The molecule has 3 heterocycles. The molecule has 0 saturated carbocycles. The zero-order valence-electron chi connectivity index (χ0n) is 14.8. The molecular formula is C17H27N5O3. The van der Waals surface area contributed by atoms with Gasteiger partial charge < -0.3 is 19.9 Å². The van der Waals surface area contributed by atoms with Crippen molar-refractivity contribution >= 4 is 11.7 Å². The van der Waals surface area contributed by atoms with Gasteiger partial charge in [-0.25, -0.2) is 0 Å². The number of carbonyl (C=O) groups excluding carboxylic acids is 1. The second-order valence-electron chi connectivity index (χ2n) is 7.34. The molecule has 2 fully saturated rings. The molecule has 138 valence electrons. The number of aromatic nitrogens is 2. The minimum absolute atomic E-state index is 0.0918. The van der Waals surface area contributed by atoms with E-state index in [4.69, 9.17) is 0 Å². The fraction of sp³-hybridized carbons (Fsp3) is 0.765. The predicted molar refractivity (Wildman–Crippen MR) is 93.0 cm³/mol. The standard InChI is InChI=1S/C17H27N5O3/c1-14-4-8-20(9-5-14)17(23)15-3-2-7-19(13-15)11-12-21-10-6-16(18-21)22(24)25/h6,10,14-15H,2-5,7-9,11-13H2,1H3. The van der Waals surface area contributed by atoms with Crippen molar-refractivity contribution in [2.24, 2.45) is 11.8 Å². The molecular weight excluding hydrogens is 322 g/mol. The summed E-state index contributed by atoms with van der Waals surface area (Å²) in [4.78, 5) is 27.3. The Labute approximate surface area is 147 Å². The number of hydrogen-bond acceptors (Lipinski definition) is 5. The Morgan fingerprint density at radius 3 is 2.72 bits per heavy atom. The third kappa shape index (κ3) is 4.56. The van der Waals surface area contributed by atoms with Crippen molar-refractivity contribution in [2.75, 3.05) is 32.7 Å². The van der Waals surface area contributed by atoms with Gasteiger partial charge >= 0.3 is 5.82 Å². The Balaban J connectivity index is 1.48. The van der Waals surface area contributed by atoms with Gasteiger partial charge in [0.25, 0.3) is 0 Å². The lowest BCUT2D eigenvalue weighted by Gasteiger charge is -2.37. The van der Waals surface area contributed by atoms with E-state index in [2.05, 4.69) is 16.9 Å². The van der Waals surface area contributed by atoms with Gasteiger partial charge in [-0.15, -0.1) is 0 Å². The molecule has 8 nitrogen and oxygen atoms in total. The Morgan fingerprint density at radius 2 is 2.04 bits per heavy atom. The van der Waals surface area contributed by atoms with Crippen molar-refractivity contribution in [1.29, 1.82) is 0 Å². The Bertz CT molecular complexity index is 609. The normalized spacial score (nSPS) is 22.9. The first-order valence-corrected chi connectivity index (χ1v) is 9.22. The molecule has 2 saturated heterocycles. The highest BCUT2D eigenvalue weighted by Gasteiger charge is 2.30. The minimum atomic E-state index is -0.481. The van der Waals surface area contributed by atoms with Crippen molar-refractivity contribution in [3.8, 4) is 0 Å². The number of nitro groups is 1. The van der Waals surface area contributed by atoms with Crippen molar-refractivity contribution in [3.05, 3.63) is 22.4 Å². The predicted octanol–water partition coefficient (Wildman–Crippen LogP) is 1.76. The second-order valence-corrected chi connectivity index (χ2v) is 7.34. The Kier molecular flexibility index (Phi) is 5.67. The number of piperidine rings is 2. The van der Waals surface area contributed by atoms with Crippen LogP contribution in [0.1, 0.15) is 32.6 Å². The molecule has 1 unspecified atom stereocenters. The summed E-state index contributed by atoms with van der Waals surface area (Å²) in [6, 6.07) is 1.42. The summed E-state index contributed by atoms with van der Waals surface area (Å²) in [6.45, 7) is 7.18. The molecule has 1 aromatic rings. The number of amides is 1. The smallest absolute Gasteiger partial charge is 0.358 e. The van der Waals surface area contributed by atoms with Crippen molar-refractivity contribution in [1.82, 2.24) is 19.6 Å². The topological polar surface area (TPSA) is 84.5 Å². The zero-order valence-corrected chi connectivity index (χ0v) is 14.8. The van der Waals surface area contributed by atoms with E-state index in [1.807, 2.05) is 4.90 Å². The second kappa shape index (κ2) is 7.95.